The predicted octanol–water partition coefficient (Wildman–Crippen LogP) is 5.00. The molecular formula is C23H27FN2O2S. The number of benzene rings is 2. The summed E-state index contributed by atoms with van der Waals surface area (Å²) >= 11 is 1.31. The number of amides is 1. The number of hydrogen-bond donors (Lipinski definition) is 1. The minimum absolute atomic E-state index is 0.0761. The first-order valence-electron chi connectivity index (χ1n) is 9.86. The average Bonchev–Trinajstić information content (AvgIpc) is 3.12. The largest absolute Gasteiger partial charge is 0.380 e. The van der Waals surface area contributed by atoms with E-state index in [1.165, 1.54) is 17.4 Å². The van der Waals surface area contributed by atoms with Gasteiger partial charge in [-0.1, -0.05) is 50.2 Å². The minimum Gasteiger partial charge on any atom is -0.380 e. The minimum atomic E-state index is -0.324. The maximum absolute atomic E-state index is 14.4. The van der Waals surface area contributed by atoms with Gasteiger partial charge in [0.05, 0.1) is 17.5 Å². The maximum atomic E-state index is 14.4. The van der Waals surface area contributed by atoms with Crippen molar-refractivity contribution in [1.82, 2.24) is 10.2 Å². The average molecular weight is 415 g/mol. The van der Waals surface area contributed by atoms with E-state index in [2.05, 4.69) is 36.2 Å². The highest BCUT2D eigenvalue weighted by molar-refractivity contribution is 7.21. The number of fused-ring (bicyclic) bond motifs is 1. The molecule has 0 spiro atoms. The number of nitrogens with one attached hydrogen (secondary N) is 1. The number of thiophene rings is 1. The van der Waals surface area contributed by atoms with Crippen molar-refractivity contribution in [2.24, 2.45) is 0 Å². The SMILES string of the molecule is CCN(CC)C(CNC(=O)c1sc2cccc(F)c2c1COC)c1ccccc1. The molecule has 2 aromatic carbocycles. The van der Waals surface area contributed by atoms with Crippen molar-refractivity contribution in [3.8, 4) is 0 Å². The van der Waals surface area contributed by atoms with E-state index in [4.69, 9.17) is 4.74 Å². The number of hydrogen-bond acceptors (Lipinski definition) is 4. The molecule has 3 rings (SSSR count). The van der Waals surface area contributed by atoms with Gasteiger partial charge in [-0.15, -0.1) is 11.3 Å². The van der Waals surface area contributed by atoms with E-state index in [-0.39, 0.29) is 24.4 Å². The Kier molecular flexibility index (Phi) is 7.36. The third-order valence-corrected chi connectivity index (χ3v) is 6.35. The number of rotatable bonds is 9. The normalized spacial score (nSPS) is 12.4. The van der Waals surface area contributed by atoms with Crippen molar-refractivity contribution in [2.45, 2.75) is 26.5 Å². The molecular weight excluding hydrogens is 387 g/mol. The molecule has 1 amide bonds. The fraction of sp³-hybridized carbons (Fsp3) is 0.348. The van der Waals surface area contributed by atoms with Crippen LogP contribution in [0.5, 0.6) is 0 Å². The van der Waals surface area contributed by atoms with Crippen molar-refractivity contribution in [3.63, 3.8) is 0 Å². The van der Waals surface area contributed by atoms with Crippen LogP contribution in [0.1, 0.15) is 40.7 Å². The van der Waals surface area contributed by atoms with Crippen LogP contribution in [0.4, 0.5) is 4.39 Å². The zero-order valence-electron chi connectivity index (χ0n) is 17.1. The van der Waals surface area contributed by atoms with E-state index in [0.29, 0.717) is 22.4 Å². The van der Waals surface area contributed by atoms with Crippen LogP contribution in [-0.4, -0.2) is 37.6 Å². The topological polar surface area (TPSA) is 41.6 Å². The Balaban J connectivity index is 1.87. The predicted molar refractivity (Wildman–Crippen MR) is 117 cm³/mol. The molecule has 0 aliphatic heterocycles. The van der Waals surface area contributed by atoms with Gasteiger partial charge in [0, 0.05) is 29.3 Å². The van der Waals surface area contributed by atoms with Gasteiger partial charge in [-0.05, 0) is 30.8 Å². The molecule has 1 heterocycles. The lowest BCUT2D eigenvalue weighted by molar-refractivity contribution is 0.0935. The molecule has 0 saturated carbocycles. The number of methoxy groups -OCH3 is 1. The van der Waals surface area contributed by atoms with Crippen LogP contribution in [-0.2, 0) is 11.3 Å². The lowest BCUT2D eigenvalue weighted by Crippen LogP contribution is -2.38. The Morgan fingerprint density at radius 1 is 1.14 bits per heavy atom. The standard InChI is InChI=1S/C23H27FN2O2S/c1-4-26(5-2)19(16-10-7-6-8-11-16)14-25-23(27)22-17(15-28-3)21-18(24)12-9-13-20(21)29-22/h6-13,19H,4-5,14-15H2,1-3H3,(H,25,27). The summed E-state index contributed by atoms with van der Waals surface area (Å²) < 4.78 is 20.4. The summed E-state index contributed by atoms with van der Waals surface area (Å²) in [5.74, 6) is -0.513. The molecule has 0 saturated heterocycles. The van der Waals surface area contributed by atoms with Gasteiger partial charge < -0.3 is 10.1 Å². The highest BCUT2D eigenvalue weighted by Gasteiger charge is 2.23. The van der Waals surface area contributed by atoms with Crippen LogP contribution in [0, 0.1) is 5.82 Å². The van der Waals surface area contributed by atoms with E-state index >= 15 is 0 Å². The highest BCUT2D eigenvalue weighted by atomic mass is 32.1. The smallest absolute Gasteiger partial charge is 0.261 e. The van der Waals surface area contributed by atoms with Gasteiger partial charge in [0.25, 0.3) is 5.91 Å². The van der Waals surface area contributed by atoms with Crippen molar-refractivity contribution in [1.29, 1.82) is 0 Å². The summed E-state index contributed by atoms with van der Waals surface area (Å²) in [5.41, 5.74) is 1.78. The number of likely N-dealkylation sites (N-methyl/N-ethyl adjacent to an activating group) is 1. The number of carbonyl (C=O) groups excluding carboxylic acids is 1. The van der Waals surface area contributed by atoms with Crippen molar-refractivity contribution < 1.29 is 13.9 Å². The molecule has 1 aromatic heterocycles. The Bertz CT molecular complexity index is 954. The van der Waals surface area contributed by atoms with Gasteiger partial charge in [-0.3, -0.25) is 9.69 Å². The third-order valence-electron chi connectivity index (χ3n) is 5.15. The first kappa shape index (κ1) is 21.4. The van der Waals surface area contributed by atoms with Gasteiger partial charge in [0.1, 0.15) is 5.82 Å². The van der Waals surface area contributed by atoms with Gasteiger partial charge in [-0.2, -0.15) is 0 Å². The van der Waals surface area contributed by atoms with Crippen LogP contribution in [0.3, 0.4) is 0 Å². The van der Waals surface area contributed by atoms with Crippen LogP contribution < -0.4 is 5.32 Å². The van der Waals surface area contributed by atoms with Crippen LogP contribution >= 0.6 is 11.3 Å². The van der Waals surface area contributed by atoms with E-state index in [9.17, 15) is 9.18 Å². The highest BCUT2D eigenvalue weighted by Crippen LogP contribution is 2.34. The summed E-state index contributed by atoms with van der Waals surface area (Å²) in [5, 5.41) is 3.56. The van der Waals surface area contributed by atoms with Gasteiger partial charge in [-0.25, -0.2) is 4.39 Å². The van der Waals surface area contributed by atoms with Crippen molar-refractivity contribution in [3.05, 3.63) is 70.4 Å². The molecule has 29 heavy (non-hydrogen) atoms. The van der Waals surface area contributed by atoms with E-state index < -0.39 is 0 Å². The van der Waals surface area contributed by atoms with E-state index in [0.717, 1.165) is 23.4 Å². The summed E-state index contributed by atoms with van der Waals surface area (Å²) in [4.78, 5) is 15.9. The number of nitrogens with zero attached hydrogens (tertiary/aromatic N) is 1. The summed E-state index contributed by atoms with van der Waals surface area (Å²) in [6.45, 7) is 6.68. The molecule has 154 valence electrons. The Hall–Kier alpha value is -2.28. The zero-order valence-corrected chi connectivity index (χ0v) is 17.9. The first-order chi connectivity index (χ1) is 14.1. The Labute approximate surface area is 175 Å². The molecule has 1 N–H and O–H groups in total. The van der Waals surface area contributed by atoms with Crippen molar-refractivity contribution >= 4 is 27.3 Å². The van der Waals surface area contributed by atoms with E-state index in [1.807, 2.05) is 24.3 Å². The molecule has 0 aliphatic carbocycles. The fourth-order valence-electron chi connectivity index (χ4n) is 3.70. The van der Waals surface area contributed by atoms with Crippen LogP contribution in [0.2, 0.25) is 0 Å². The molecule has 1 atom stereocenters. The first-order valence-corrected chi connectivity index (χ1v) is 10.7. The molecule has 0 aliphatic rings. The summed E-state index contributed by atoms with van der Waals surface area (Å²) in [7, 11) is 1.55. The molecule has 6 heteroatoms. The lowest BCUT2D eigenvalue weighted by atomic mass is 10.0. The van der Waals surface area contributed by atoms with Crippen LogP contribution in [0.25, 0.3) is 10.1 Å². The quantitative estimate of drug-likeness (QED) is 0.536. The molecule has 0 fully saturated rings. The molecule has 0 bridgehead atoms. The zero-order chi connectivity index (χ0) is 20.8. The van der Waals surface area contributed by atoms with Gasteiger partial charge >= 0.3 is 0 Å². The monoisotopic (exact) mass is 414 g/mol. The Morgan fingerprint density at radius 3 is 2.52 bits per heavy atom. The molecule has 1 unspecified atom stereocenters. The molecule has 0 radical (unpaired) electrons. The second kappa shape index (κ2) is 9.96. The van der Waals surface area contributed by atoms with E-state index in [1.54, 1.807) is 13.2 Å². The maximum Gasteiger partial charge on any atom is 0.261 e. The molecule has 4 nitrogen and oxygen atoms in total. The second-order valence-electron chi connectivity index (χ2n) is 6.81. The van der Waals surface area contributed by atoms with Crippen LogP contribution in [0.15, 0.2) is 48.5 Å². The number of ether oxygens (including phenoxy) is 1. The van der Waals surface area contributed by atoms with Gasteiger partial charge in [0.15, 0.2) is 0 Å². The lowest BCUT2D eigenvalue weighted by Gasteiger charge is -2.30. The second-order valence-corrected chi connectivity index (χ2v) is 7.87. The van der Waals surface area contributed by atoms with Gasteiger partial charge in [0.2, 0.25) is 0 Å². The molecule has 3 aromatic rings. The summed E-state index contributed by atoms with van der Waals surface area (Å²) in [6.07, 6.45) is 0. The van der Waals surface area contributed by atoms with Crippen molar-refractivity contribution in [2.75, 3.05) is 26.7 Å². The number of carbonyl (C=O) groups is 1. The Morgan fingerprint density at radius 2 is 1.86 bits per heavy atom. The summed E-state index contributed by atoms with van der Waals surface area (Å²) in [6, 6.07) is 15.2. The number of halogens is 1. The fourth-order valence-corrected chi connectivity index (χ4v) is 4.84. The third kappa shape index (κ3) is 4.66.